The van der Waals surface area contributed by atoms with Gasteiger partial charge >= 0.3 is 0 Å². The number of amides is 1. The molecule has 0 fully saturated rings. The highest BCUT2D eigenvalue weighted by Gasteiger charge is 2.39. The van der Waals surface area contributed by atoms with Crippen molar-refractivity contribution in [2.24, 2.45) is 0 Å². The molecule has 1 amide bonds. The molecule has 5 nitrogen and oxygen atoms in total. The Hall–Kier alpha value is -2.86. The maximum absolute atomic E-state index is 13.3. The maximum Gasteiger partial charge on any atom is 0.237 e. The van der Waals surface area contributed by atoms with Crippen molar-refractivity contribution in [1.82, 2.24) is 10.2 Å². The van der Waals surface area contributed by atoms with E-state index in [1.807, 2.05) is 59.5 Å². The number of nitrogens with zero attached hydrogens (tertiary/aromatic N) is 3. The predicted octanol–water partition coefficient (Wildman–Crippen LogP) is 5.56. The third kappa shape index (κ3) is 4.44. The van der Waals surface area contributed by atoms with E-state index in [9.17, 15) is 4.79 Å². The Bertz CT molecular complexity index is 1070. The molecule has 1 aliphatic rings. The summed E-state index contributed by atoms with van der Waals surface area (Å²) in [6.07, 6.45) is 0.898. The number of rotatable bonds is 5. The molecule has 160 valence electrons. The van der Waals surface area contributed by atoms with E-state index in [0.717, 1.165) is 39.7 Å². The summed E-state index contributed by atoms with van der Waals surface area (Å²) in [6.45, 7) is 6.47. The van der Waals surface area contributed by atoms with Crippen molar-refractivity contribution in [2.75, 3.05) is 17.8 Å². The fraction of sp³-hybridized carbons (Fsp3) is 0.320. The number of benzene rings is 2. The topological polar surface area (TPSA) is 55.3 Å². The van der Waals surface area contributed by atoms with Crippen molar-refractivity contribution in [2.45, 2.75) is 43.7 Å². The van der Waals surface area contributed by atoms with Crippen LogP contribution in [0.2, 0.25) is 0 Å². The molecule has 2 heterocycles. The van der Waals surface area contributed by atoms with Gasteiger partial charge in [0.15, 0.2) is 0 Å². The summed E-state index contributed by atoms with van der Waals surface area (Å²) in [5.74, 6) is 1.55. The minimum absolute atomic E-state index is 0.0715. The van der Waals surface area contributed by atoms with Gasteiger partial charge in [0.1, 0.15) is 10.8 Å². The van der Waals surface area contributed by atoms with Gasteiger partial charge in [-0.15, -0.1) is 10.2 Å². The van der Waals surface area contributed by atoms with Gasteiger partial charge in [0.2, 0.25) is 5.91 Å². The van der Waals surface area contributed by atoms with Gasteiger partial charge in [0.05, 0.1) is 18.6 Å². The van der Waals surface area contributed by atoms with Crippen LogP contribution in [-0.2, 0) is 4.79 Å². The minimum atomic E-state index is -0.262. The van der Waals surface area contributed by atoms with Gasteiger partial charge < -0.3 is 9.64 Å². The molecule has 4 rings (SSSR count). The Morgan fingerprint density at radius 1 is 1.13 bits per heavy atom. The molecule has 0 saturated carbocycles. The molecule has 1 aromatic heterocycles. The first-order chi connectivity index (χ1) is 14.9. The van der Waals surface area contributed by atoms with Gasteiger partial charge in [0, 0.05) is 16.8 Å². The molecule has 31 heavy (non-hydrogen) atoms. The van der Waals surface area contributed by atoms with Crippen LogP contribution in [0.4, 0.5) is 5.69 Å². The van der Waals surface area contributed by atoms with Crippen molar-refractivity contribution in [3.8, 4) is 17.0 Å². The zero-order valence-electron chi connectivity index (χ0n) is 18.3. The number of ether oxygens (including phenoxy) is 1. The Kier molecular flexibility index (Phi) is 6.01. The fourth-order valence-electron chi connectivity index (χ4n) is 4.37. The number of fused-ring (bicyclic) bond motifs is 1. The van der Waals surface area contributed by atoms with E-state index in [0.29, 0.717) is 11.7 Å². The number of methoxy groups -OCH3 is 1. The first-order valence-electron chi connectivity index (χ1n) is 10.4. The third-order valence-electron chi connectivity index (χ3n) is 5.72. The van der Waals surface area contributed by atoms with Crippen LogP contribution in [0.5, 0.6) is 5.75 Å². The molecule has 2 aromatic carbocycles. The van der Waals surface area contributed by atoms with Crippen LogP contribution in [-0.4, -0.2) is 34.5 Å². The zero-order valence-corrected chi connectivity index (χ0v) is 19.1. The van der Waals surface area contributed by atoms with E-state index in [4.69, 9.17) is 4.74 Å². The van der Waals surface area contributed by atoms with Crippen molar-refractivity contribution in [3.63, 3.8) is 0 Å². The van der Waals surface area contributed by atoms with Crippen LogP contribution in [0, 0.1) is 0 Å². The zero-order chi connectivity index (χ0) is 22.0. The highest BCUT2D eigenvalue weighted by atomic mass is 32.2. The van der Waals surface area contributed by atoms with Crippen molar-refractivity contribution in [3.05, 3.63) is 66.2 Å². The van der Waals surface area contributed by atoms with Crippen molar-refractivity contribution in [1.29, 1.82) is 0 Å². The van der Waals surface area contributed by atoms with Crippen LogP contribution in [0.3, 0.4) is 0 Å². The molecule has 1 atom stereocenters. The highest BCUT2D eigenvalue weighted by molar-refractivity contribution is 7.99. The molecule has 0 N–H and O–H groups in total. The molecule has 6 heteroatoms. The van der Waals surface area contributed by atoms with Gasteiger partial charge in [-0.2, -0.15) is 0 Å². The summed E-state index contributed by atoms with van der Waals surface area (Å²) in [7, 11) is 1.67. The second-order valence-electron chi connectivity index (χ2n) is 8.48. The van der Waals surface area contributed by atoms with E-state index >= 15 is 0 Å². The quantitative estimate of drug-likeness (QED) is 0.493. The molecule has 0 radical (unpaired) electrons. The lowest BCUT2D eigenvalue weighted by Gasteiger charge is -2.46. The molecular weight excluding hydrogens is 406 g/mol. The molecule has 0 bridgehead atoms. The summed E-state index contributed by atoms with van der Waals surface area (Å²) < 4.78 is 5.40. The SMILES string of the molecule is COc1ccc2c(c1)[C@H](C)CC(C)(C)N2C(=O)CSc1ccc(-c2ccccc2)nn1. The van der Waals surface area contributed by atoms with Gasteiger partial charge in [-0.1, -0.05) is 49.0 Å². The first-order valence-corrected chi connectivity index (χ1v) is 11.4. The number of aromatic nitrogens is 2. The minimum Gasteiger partial charge on any atom is -0.497 e. The van der Waals surface area contributed by atoms with E-state index in [1.165, 1.54) is 11.8 Å². The van der Waals surface area contributed by atoms with E-state index in [2.05, 4.69) is 37.0 Å². The van der Waals surface area contributed by atoms with Crippen LogP contribution in [0.25, 0.3) is 11.3 Å². The normalized spacial score (nSPS) is 17.2. The molecule has 0 aliphatic carbocycles. The standard InChI is InChI=1S/C25H27N3O2S/c1-17-15-25(2,3)28(22-12-10-19(30-4)14-20(17)22)24(29)16-31-23-13-11-21(26-27-23)18-8-6-5-7-9-18/h5-14,17H,15-16H2,1-4H3/t17-/m1/s1. The Balaban J connectivity index is 1.51. The summed E-state index contributed by atoms with van der Waals surface area (Å²) in [5, 5.41) is 9.38. The van der Waals surface area contributed by atoms with Gasteiger partial charge in [-0.05, 0) is 62.1 Å². The van der Waals surface area contributed by atoms with Crippen LogP contribution in [0.1, 0.15) is 38.7 Å². The van der Waals surface area contributed by atoms with Crippen molar-refractivity contribution >= 4 is 23.4 Å². The van der Waals surface area contributed by atoms with Crippen LogP contribution < -0.4 is 9.64 Å². The number of hydrogen-bond acceptors (Lipinski definition) is 5. The number of carbonyl (C=O) groups is 1. The van der Waals surface area contributed by atoms with E-state index < -0.39 is 0 Å². The first kappa shape index (κ1) is 21.4. The Morgan fingerprint density at radius 3 is 2.58 bits per heavy atom. The van der Waals surface area contributed by atoms with Gasteiger partial charge in [0.25, 0.3) is 0 Å². The smallest absolute Gasteiger partial charge is 0.237 e. The summed E-state index contributed by atoms with van der Waals surface area (Å²) in [6, 6.07) is 19.8. The number of carbonyl (C=O) groups excluding carboxylic acids is 1. The lowest BCUT2D eigenvalue weighted by molar-refractivity contribution is -0.117. The maximum atomic E-state index is 13.3. The molecule has 3 aromatic rings. The Morgan fingerprint density at radius 2 is 1.90 bits per heavy atom. The Labute approximate surface area is 187 Å². The third-order valence-corrected chi connectivity index (χ3v) is 6.62. The lowest BCUT2D eigenvalue weighted by Crippen LogP contribution is -2.52. The predicted molar refractivity (Wildman–Crippen MR) is 126 cm³/mol. The summed E-state index contributed by atoms with van der Waals surface area (Å²) >= 11 is 1.42. The number of hydrogen-bond donors (Lipinski definition) is 0. The average Bonchev–Trinajstić information content (AvgIpc) is 2.78. The average molecular weight is 434 g/mol. The second-order valence-corrected chi connectivity index (χ2v) is 9.48. The van der Waals surface area contributed by atoms with Crippen LogP contribution >= 0.6 is 11.8 Å². The molecule has 0 saturated heterocycles. The van der Waals surface area contributed by atoms with Crippen LogP contribution in [0.15, 0.2) is 65.7 Å². The molecule has 0 spiro atoms. The monoisotopic (exact) mass is 433 g/mol. The van der Waals surface area contributed by atoms with Gasteiger partial charge in [-0.25, -0.2) is 0 Å². The highest BCUT2D eigenvalue weighted by Crippen LogP contribution is 2.45. The molecule has 1 aliphatic heterocycles. The molecule has 0 unspecified atom stereocenters. The fourth-order valence-corrected chi connectivity index (χ4v) is 5.03. The van der Waals surface area contributed by atoms with Crippen molar-refractivity contribution < 1.29 is 9.53 Å². The van der Waals surface area contributed by atoms with E-state index in [-0.39, 0.29) is 11.4 Å². The summed E-state index contributed by atoms with van der Waals surface area (Å²) in [5.41, 5.74) is 3.72. The van der Waals surface area contributed by atoms with Gasteiger partial charge in [-0.3, -0.25) is 4.79 Å². The number of thioether (sulfide) groups is 1. The largest absolute Gasteiger partial charge is 0.497 e. The number of anilines is 1. The second kappa shape index (κ2) is 8.71. The molecular formula is C25H27N3O2S. The van der Waals surface area contributed by atoms with E-state index in [1.54, 1.807) is 7.11 Å². The summed E-state index contributed by atoms with van der Waals surface area (Å²) in [4.78, 5) is 15.3. The lowest BCUT2D eigenvalue weighted by atomic mass is 9.80.